The van der Waals surface area contributed by atoms with Crippen LogP contribution >= 0.6 is 23.4 Å². The minimum atomic E-state index is -0.876. The third-order valence-corrected chi connectivity index (χ3v) is 4.74. The lowest BCUT2D eigenvalue weighted by Crippen LogP contribution is -2.31. The number of hydrogen-bond acceptors (Lipinski definition) is 5. The quantitative estimate of drug-likeness (QED) is 0.536. The van der Waals surface area contributed by atoms with Crippen LogP contribution in [0, 0.1) is 0 Å². The second kappa shape index (κ2) is 9.64. The molecule has 2 aromatic rings. The molecular weight excluding hydrogens is 374 g/mol. The summed E-state index contributed by atoms with van der Waals surface area (Å²) in [4.78, 5) is 25.1. The number of nitrogens with zero attached hydrogens (tertiary/aromatic N) is 2. The first-order chi connectivity index (χ1) is 12.4. The van der Waals surface area contributed by atoms with Gasteiger partial charge in [-0.2, -0.15) is 5.10 Å². The number of hydrogen-bond donors (Lipinski definition) is 1. The number of amides is 1. The minimum absolute atomic E-state index is 0.114. The topological polar surface area (TPSA) is 73.2 Å². The predicted molar refractivity (Wildman–Crippen MR) is 104 cm³/mol. The fourth-order valence-corrected chi connectivity index (χ4v) is 3.10. The van der Waals surface area contributed by atoms with E-state index in [-0.39, 0.29) is 18.4 Å². The van der Waals surface area contributed by atoms with E-state index in [1.807, 2.05) is 26.0 Å². The second-order valence-electron chi connectivity index (χ2n) is 5.93. The molecule has 1 aromatic carbocycles. The lowest BCUT2D eigenvalue weighted by atomic mass is 10.3. The fraction of sp³-hybridized carbons (Fsp3) is 0.389. The highest BCUT2D eigenvalue weighted by atomic mass is 35.5. The Morgan fingerprint density at radius 1 is 1.23 bits per heavy atom. The maximum absolute atomic E-state index is 12.2. The highest BCUT2D eigenvalue weighted by Gasteiger charge is 2.19. The molecule has 0 aliphatic rings. The van der Waals surface area contributed by atoms with Crippen molar-refractivity contribution in [2.75, 3.05) is 11.1 Å². The van der Waals surface area contributed by atoms with E-state index in [4.69, 9.17) is 16.3 Å². The summed E-state index contributed by atoms with van der Waals surface area (Å²) in [6.07, 6.45) is 0.952. The normalized spacial score (nSPS) is 12.0. The molecule has 8 heteroatoms. The van der Waals surface area contributed by atoms with Crippen molar-refractivity contribution in [1.29, 1.82) is 0 Å². The lowest BCUT2D eigenvalue weighted by Gasteiger charge is -2.15. The minimum Gasteiger partial charge on any atom is -0.453 e. The largest absolute Gasteiger partial charge is 0.453 e. The van der Waals surface area contributed by atoms with Crippen LogP contribution in [0.1, 0.15) is 33.2 Å². The van der Waals surface area contributed by atoms with Crippen LogP contribution in [-0.2, 0) is 14.3 Å². The number of ether oxygens (including phenoxy) is 1. The van der Waals surface area contributed by atoms with E-state index in [0.29, 0.717) is 16.6 Å². The predicted octanol–water partition coefficient (Wildman–Crippen LogP) is 4.17. The summed E-state index contributed by atoms with van der Waals surface area (Å²) >= 11 is 7.36. The van der Waals surface area contributed by atoms with E-state index in [0.717, 1.165) is 4.90 Å². The highest BCUT2D eigenvalue weighted by molar-refractivity contribution is 7.99. The summed E-state index contributed by atoms with van der Waals surface area (Å²) < 4.78 is 6.89. The van der Waals surface area contributed by atoms with E-state index in [2.05, 4.69) is 10.4 Å². The van der Waals surface area contributed by atoms with Crippen LogP contribution in [0.3, 0.4) is 0 Å². The van der Waals surface area contributed by atoms with Crippen LogP contribution in [0.15, 0.2) is 41.4 Å². The first-order valence-corrected chi connectivity index (χ1v) is 9.65. The zero-order chi connectivity index (χ0) is 19.1. The van der Waals surface area contributed by atoms with Crippen LogP contribution in [-0.4, -0.2) is 33.5 Å². The molecule has 0 saturated heterocycles. The molecule has 0 bridgehead atoms. The third-order valence-electron chi connectivity index (χ3n) is 3.48. The van der Waals surface area contributed by atoms with Crippen molar-refractivity contribution in [1.82, 2.24) is 9.78 Å². The van der Waals surface area contributed by atoms with E-state index in [9.17, 15) is 9.59 Å². The van der Waals surface area contributed by atoms with Gasteiger partial charge >= 0.3 is 5.97 Å². The van der Waals surface area contributed by atoms with Gasteiger partial charge in [0.05, 0.1) is 12.6 Å². The number of esters is 1. The molecule has 0 unspecified atom stereocenters. The molecule has 1 atom stereocenters. The molecule has 1 heterocycles. The first-order valence-electron chi connectivity index (χ1n) is 8.29. The third kappa shape index (κ3) is 6.07. The Morgan fingerprint density at radius 2 is 1.92 bits per heavy atom. The van der Waals surface area contributed by atoms with E-state index >= 15 is 0 Å². The number of thioether (sulfide) groups is 1. The average molecular weight is 396 g/mol. The van der Waals surface area contributed by atoms with Gasteiger partial charge in [0.15, 0.2) is 6.10 Å². The zero-order valence-electron chi connectivity index (χ0n) is 14.9. The summed E-state index contributed by atoms with van der Waals surface area (Å²) in [5.74, 6) is 0.346. The fourth-order valence-electron chi connectivity index (χ4n) is 2.15. The molecule has 0 aliphatic heterocycles. The van der Waals surface area contributed by atoms with Crippen molar-refractivity contribution in [3.8, 4) is 0 Å². The van der Waals surface area contributed by atoms with E-state index in [1.54, 1.807) is 36.0 Å². The van der Waals surface area contributed by atoms with Gasteiger partial charge in [0.1, 0.15) is 5.82 Å². The van der Waals surface area contributed by atoms with Gasteiger partial charge in [-0.1, -0.05) is 11.6 Å². The van der Waals surface area contributed by atoms with Crippen LogP contribution in [0.5, 0.6) is 0 Å². The number of aromatic nitrogens is 2. The SMILES string of the molecule is CC(C)n1nccc1NC(=O)[C@H](C)OC(=O)CCSc1ccc(Cl)cc1. The Morgan fingerprint density at radius 3 is 2.58 bits per heavy atom. The Kier molecular flexibility index (Phi) is 7.53. The van der Waals surface area contributed by atoms with Crippen molar-refractivity contribution < 1.29 is 14.3 Å². The van der Waals surface area contributed by atoms with Crippen molar-refractivity contribution in [2.24, 2.45) is 0 Å². The molecule has 0 spiro atoms. The summed E-state index contributed by atoms with van der Waals surface area (Å²) in [6.45, 7) is 5.48. The monoisotopic (exact) mass is 395 g/mol. The van der Waals surface area contributed by atoms with Crippen molar-refractivity contribution in [2.45, 2.75) is 44.2 Å². The summed E-state index contributed by atoms with van der Waals surface area (Å²) in [6, 6.07) is 9.21. The maximum atomic E-state index is 12.2. The average Bonchev–Trinajstić information content (AvgIpc) is 3.05. The van der Waals surface area contributed by atoms with Crippen LogP contribution in [0.25, 0.3) is 0 Å². The van der Waals surface area contributed by atoms with E-state index in [1.165, 1.54) is 11.8 Å². The van der Waals surface area contributed by atoms with Gasteiger partial charge in [-0.3, -0.25) is 9.59 Å². The molecule has 6 nitrogen and oxygen atoms in total. The summed E-state index contributed by atoms with van der Waals surface area (Å²) in [7, 11) is 0. The first kappa shape index (κ1) is 20.3. The van der Waals surface area contributed by atoms with Gasteiger partial charge in [-0.25, -0.2) is 4.68 Å². The van der Waals surface area contributed by atoms with Crippen molar-refractivity contribution >= 4 is 41.1 Å². The Labute approximate surface area is 162 Å². The maximum Gasteiger partial charge on any atom is 0.307 e. The van der Waals surface area contributed by atoms with Gasteiger partial charge in [-0.15, -0.1) is 11.8 Å². The molecule has 1 N–H and O–H groups in total. The van der Waals surface area contributed by atoms with Crippen molar-refractivity contribution in [3.05, 3.63) is 41.6 Å². The number of benzene rings is 1. The molecule has 2 rings (SSSR count). The van der Waals surface area contributed by atoms with Gasteiger partial charge in [0.2, 0.25) is 0 Å². The highest BCUT2D eigenvalue weighted by Crippen LogP contribution is 2.21. The number of anilines is 1. The van der Waals surface area contributed by atoms with Gasteiger partial charge in [0.25, 0.3) is 5.91 Å². The Balaban J connectivity index is 1.76. The lowest BCUT2D eigenvalue weighted by molar-refractivity contribution is -0.152. The van der Waals surface area contributed by atoms with Crippen LogP contribution in [0.4, 0.5) is 5.82 Å². The molecular formula is C18H22ClN3O3S. The standard InChI is InChI=1S/C18H22ClN3O3S/c1-12(2)22-16(8-10-20-22)21-18(24)13(3)25-17(23)9-11-26-15-6-4-14(19)5-7-15/h4-8,10,12-13H,9,11H2,1-3H3,(H,21,24)/t13-/m0/s1. The molecule has 1 amide bonds. The number of halogens is 1. The van der Waals surface area contributed by atoms with Gasteiger partial charge in [0, 0.05) is 27.8 Å². The zero-order valence-corrected chi connectivity index (χ0v) is 16.5. The molecule has 1 aromatic heterocycles. The van der Waals surface area contributed by atoms with Crippen LogP contribution in [0.2, 0.25) is 5.02 Å². The number of carbonyl (C=O) groups excluding carboxylic acids is 2. The Hall–Kier alpha value is -1.99. The van der Waals surface area contributed by atoms with Gasteiger partial charge < -0.3 is 10.1 Å². The molecule has 0 fully saturated rings. The number of nitrogens with one attached hydrogen (secondary N) is 1. The number of rotatable bonds is 8. The Bertz CT molecular complexity index is 746. The number of carbonyl (C=O) groups is 2. The summed E-state index contributed by atoms with van der Waals surface area (Å²) in [5, 5.41) is 7.55. The van der Waals surface area contributed by atoms with E-state index < -0.39 is 12.1 Å². The molecule has 0 aliphatic carbocycles. The van der Waals surface area contributed by atoms with Gasteiger partial charge in [-0.05, 0) is 45.0 Å². The molecule has 0 saturated carbocycles. The molecule has 140 valence electrons. The smallest absolute Gasteiger partial charge is 0.307 e. The molecule has 0 radical (unpaired) electrons. The van der Waals surface area contributed by atoms with Crippen molar-refractivity contribution in [3.63, 3.8) is 0 Å². The van der Waals surface area contributed by atoms with Crippen LogP contribution < -0.4 is 5.32 Å². The molecule has 26 heavy (non-hydrogen) atoms. The summed E-state index contributed by atoms with van der Waals surface area (Å²) in [5.41, 5.74) is 0. The second-order valence-corrected chi connectivity index (χ2v) is 7.53.